The summed E-state index contributed by atoms with van der Waals surface area (Å²) in [5, 5.41) is 0. The Bertz CT molecular complexity index is 280. The number of nitrogens with zero attached hydrogens (tertiary/aromatic N) is 1. The van der Waals surface area contributed by atoms with Gasteiger partial charge in [-0.25, -0.2) is 4.99 Å². The smallest absolute Gasteiger partial charge is 0.191 e. The summed E-state index contributed by atoms with van der Waals surface area (Å²) in [4.78, 5) is 3.85. The fraction of sp³-hybridized carbons (Fsp3) is 0.125. The lowest BCUT2D eigenvalue weighted by Crippen LogP contribution is -2.21. The van der Waals surface area contributed by atoms with Crippen LogP contribution in [0.4, 0.5) is 5.69 Å². The number of hydrogen-bond donors (Lipinski definition) is 2. The van der Waals surface area contributed by atoms with Crippen molar-refractivity contribution in [1.29, 1.82) is 0 Å². The molecule has 4 N–H and O–H groups in total. The Labute approximate surface area is 94.0 Å². The first-order chi connectivity index (χ1) is 5.72. The lowest BCUT2D eigenvalue weighted by molar-refractivity contribution is 0.415. The van der Waals surface area contributed by atoms with Gasteiger partial charge in [0.05, 0.1) is 12.8 Å². The monoisotopic (exact) mass is 293 g/mol. The van der Waals surface area contributed by atoms with E-state index in [1.165, 1.54) is 0 Å². The van der Waals surface area contributed by atoms with E-state index in [2.05, 4.69) is 4.99 Å². The summed E-state index contributed by atoms with van der Waals surface area (Å²) < 4.78 is 4.96. The van der Waals surface area contributed by atoms with Crippen LogP contribution < -0.4 is 16.2 Å². The topological polar surface area (TPSA) is 73.6 Å². The molecule has 5 heteroatoms. The predicted octanol–water partition coefficient (Wildman–Crippen LogP) is 1.22. The van der Waals surface area contributed by atoms with Crippen LogP contribution in [-0.2, 0) is 0 Å². The van der Waals surface area contributed by atoms with Crippen molar-refractivity contribution in [2.24, 2.45) is 16.5 Å². The fourth-order valence-corrected chi connectivity index (χ4v) is 0.806. The summed E-state index contributed by atoms with van der Waals surface area (Å²) in [5.41, 5.74) is 11.1. The van der Waals surface area contributed by atoms with Crippen LogP contribution in [0.5, 0.6) is 5.75 Å². The summed E-state index contributed by atoms with van der Waals surface area (Å²) in [6.07, 6.45) is 0. The van der Waals surface area contributed by atoms with Crippen LogP contribution in [0.25, 0.3) is 0 Å². The van der Waals surface area contributed by atoms with Gasteiger partial charge in [-0.2, -0.15) is 0 Å². The van der Waals surface area contributed by atoms with Crippen molar-refractivity contribution in [3.63, 3.8) is 0 Å². The van der Waals surface area contributed by atoms with Crippen molar-refractivity contribution in [2.75, 3.05) is 7.11 Å². The van der Waals surface area contributed by atoms with Gasteiger partial charge in [0.15, 0.2) is 5.96 Å². The van der Waals surface area contributed by atoms with E-state index < -0.39 is 0 Å². The maximum Gasteiger partial charge on any atom is 0.191 e. The average molecular weight is 293 g/mol. The number of ether oxygens (including phenoxy) is 1. The van der Waals surface area contributed by atoms with Crippen molar-refractivity contribution in [1.82, 2.24) is 0 Å². The van der Waals surface area contributed by atoms with E-state index in [9.17, 15) is 0 Å². The molecule has 72 valence electrons. The Kier molecular flexibility index (Phi) is 5.20. The molecule has 1 aromatic carbocycles. The normalized spacial score (nSPS) is 8.38. The highest BCUT2D eigenvalue weighted by Gasteiger charge is 1.91. The van der Waals surface area contributed by atoms with E-state index in [1.807, 2.05) is 0 Å². The SMILES string of the molecule is COc1ccc(N=C(N)N)cc1.I. The number of aliphatic imine (C=N–C) groups is 1. The highest BCUT2D eigenvalue weighted by Crippen LogP contribution is 2.16. The number of methoxy groups -OCH3 is 1. The molecule has 0 saturated heterocycles. The summed E-state index contributed by atoms with van der Waals surface area (Å²) in [6.45, 7) is 0. The number of hydrogen-bond acceptors (Lipinski definition) is 2. The lowest BCUT2D eigenvalue weighted by atomic mass is 10.3. The number of rotatable bonds is 2. The number of benzene rings is 1. The molecule has 13 heavy (non-hydrogen) atoms. The third kappa shape index (κ3) is 3.97. The molecule has 0 bridgehead atoms. The zero-order valence-corrected chi connectivity index (χ0v) is 9.56. The maximum absolute atomic E-state index is 5.19. The molecular weight excluding hydrogens is 281 g/mol. The zero-order chi connectivity index (χ0) is 8.97. The maximum atomic E-state index is 5.19. The molecule has 1 aromatic rings. The van der Waals surface area contributed by atoms with Gasteiger partial charge in [-0.15, -0.1) is 24.0 Å². The molecule has 1 rings (SSSR count). The Morgan fingerprint density at radius 2 is 1.77 bits per heavy atom. The van der Waals surface area contributed by atoms with Gasteiger partial charge in [0.25, 0.3) is 0 Å². The van der Waals surface area contributed by atoms with Gasteiger partial charge in [0, 0.05) is 0 Å². The van der Waals surface area contributed by atoms with Gasteiger partial charge in [-0.3, -0.25) is 0 Å². The predicted molar refractivity (Wildman–Crippen MR) is 63.9 cm³/mol. The van der Waals surface area contributed by atoms with Crippen LogP contribution in [0.3, 0.4) is 0 Å². The van der Waals surface area contributed by atoms with Gasteiger partial charge >= 0.3 is 0 Å². The van der Waals surface area contributed by atoms with Gasteiger partial charge in [0.1, 0.15) is 5.75 Å². The minimum Gasteiger partial charge on any atom is -0.497 e. The molecule has 0 amide bonds. The molecule has 0 aliphatic heterocycles. The first-order valence-corrected chi connectivity index (χ1v) is 3.46. The first kappa shape index (κ1) is 12.0. The van der Waals surface area contributed by atoms with E-state index in [4.69, 9.17) is 16.2 Å². The molecular formula is C8H12IN3O. The molecule has 0 aliphatic carbocycles. The number of nitrogens with two attached hydrogens (primary N) is 2. The molecule has 0 fully saturated rings. The van der Waals surface area contributed by atoms with E-state index in [1.54, 1.807) is 31.4 Å². The molecule has 0 unspecified atom stereocenters. The summed E-state index contributed by atoms with van der Waals surface area (Å²) >= 11 is 0. The molecule has 4 nitrogen and oxygen atoms in total. The van der Waals surface area contributed by atoms with Crippen LogP contribution in [0.15, 0.2) is 29.3 Å². The van der Waals surface area contributed by atoms with E-state index in [-0.39, 0.29) is 29.9 Å². The van der Waals surface area contributed by atoms with E-state index >= 15 is 0 Å². The van der Waals surface area contributed by atoms with Crippen LogP contribution in [0.2, 0.25) is 0 Å². The van der Waals surface area contributed by atoms with Crippen molar-refractivity contribution in [2.45, 2.75) is 0 Å². The number of halogens is 1. The lowest BCUT2D eigenvalue weighted by Gasteiger charge is -1.98. The zero-order valence-electron chi connectivity index (χ0n) is 7.23. The molecule has 0 aromatic heterocycles. The second kappa shape index (κ2) is 5.63. The van der Waals surface area contributed by atoms with Gasteiger partial charge in [-0.1, -0.05) is 0 Å². The second-order valence-electron chi connectivity index (χ2n) is 2.23. The Balaban J connectivity index is 0.00000144. The second-order valence-corrected chi connectivity index (χ2v) is 2.23. The van der Waals surface area contributed by atoms with Gasteiger partial charge in [0.2, 0.25) is 0 Å². The Hall–Kier alpha value is -0.980. The fourth-order valence-electron chi connectivity index (χ4n) is 0.806. The third-order valence-electron chi connectivity index (χ3n) is 1.33. The van der Waals surface area contributed by atoms with E-state index in [0.717, 1.165) is 11.4 Å². The average Bonchev–Trinajstić information content (AvgIpc) is 2.05. The van der Waals surface area contributed by atoms with Crippen molar-refractivity contribution in [3.05, 3.63) is 24.3 Å². The standard InChI is InChI=1S/C8H11N3O.HI/c1-12-7-4-2-6(3-5-7)11-8(9)10;/h2-5H,1H3,(H4,9,10,11);1H. The van der Waals surface area contributed by atoms with Crippen LogP contribution in [-0.4, -0.2) is 13.1 Å². The highest BCUT2D eigenvalue weighted by molar-refractivity contribution is 14.0. The molecule has 0 aliphatic rings. The van der Waals surface area contributed by atoms with Crippen LogP contribution >= 0.6 is 24.0 Å². The quantitative estimate of drug-likeness (QED) is 0.489. The summed E-state index contributed by atoms with van der Waals surface area (Å²) in [5.74, 6) is 0.838. The molecule has 0 spiro atoms. The first-order valence-electron chi connectivity index (χ1n) is 3.46. The van der Waals surface area contributed by atoms with Crippen LogP contribution in [0.1, 0.15) is 0 Å². The van der Waals surface area contributed by atoms with Crippen LogP contribution in [0, 0.1) is 0 Å². The summed E-state index contributed by atoms with van der Waals surface area (Å²) in [6, 6.07) is 7.14. The van der Waals surface area contributed by atoms with E-state index in [0.29, 0.717) is 0 Å². The summed E-state index contributed by atoms with van der Waals surface area (Å²) in [7, 11) is 1.61. The van der Waals surface area contributed by atoms with Crippen molar-refractivity contribution in [3.8, 4) is 5.75 Å². The largest absolute Gasteiger partial charge is 0.497 e. The molecule has 0 heterocycles. The Morgan fingerprint density at radius 3 is 2.15 bits per heavy atom. The molecule has 0 radical (unpaired) electrons. The van der Waals surface area contributed by atoms with Crippen molar-refractivity contribution >= 4 is 35.6 Å². The number of guanidine groups is 1. The van der Waals surface area contributed by atoms with Gasteiger partial charge < -0.3 is 16.2 Å². The minimum atomic E-state index is 0. The Morgan fingerprint density at radius 1 is 1.23 bits per heavy atom. The molecule has 0 atom stereocenters. The third-order valence-corrected chi connectivity index (χ3v) is 1.33. The van der Waals surface area contributed by atoms with Gasteiger partial charge in [-0.05, 0) is 24.3 Å². The van der Waals surface area contributed by atoms with Crippen molar-refractivity contribution < 1.29 is 4.74 Å². The highest BCUT2D eigenvalue weighted by atomic mass is 127. The molecule has 0 saturated carbocycles. The minimum absolute atomic E-state index is 0.